The number of methoxy groups -OCH3 is 1. The van der Waals surface area contributed by atoms with E-state index in [1.165, 1.54) is 7.11 Å². The van der Waals surface area contributed by atoms with Crippen LogP contribution in [0.25, 0.3) is 0 Å². The second kappa shape index (κ2) is 6.85. The Morgan fingerprint density at radius 3 is 2.71 bits per heavy atom. The number of hydrogen-bond acceptors (Lipinski definition) is 7. The van der Waals surface area contributed by atoms with Gasteiger partial charge in [-0.25, -0.2) is 4.79 Å². The molecule has 2 aliphatic heterocycles. The first kappa shape index (κ1) is 18.3. The number of cyclic esters (lactones) is 1. The lowest BCUT2D eigenvalue weighted by Gasteiger charge is -2.24. The van der Waals surface area contributed by atoms with Crippen molar-refractivity contribution in [2.75, 3.05) is 13.7 Å². The van der Waals surface area contributed by atoms with Crippen molar-refractivity contribution in [1.82, 2.24) is 0 Å². The third kappa shape index (κ3) is 2.89. The Hall–Kier alpha value is -3.03. The Morgan fingerprint density at radius 1 is 1.25 bits per heavy atom. The summed E-state index contributed by atoms with van der Waals surface area (Å²) in [5.41, 5.74) is 2.48. The van der Waals surface area contributed by atoms with Crippen LogP contribution in [0.15, 0.2) is 36.4 Å². The molecule has 1 fully saturated rings. The largest absolute Gasteiger partial charge is 0.504 e. The van der Waals surface area contributed by atoms with Gasteiger partial charge in [-0.3, -0.25) is 0 Å². The maximum Gasteiger partial charge on any atom is 0.346 e. The summed E-state index contributed by atoms with van der Waals surface area (Å²) in [7, 11) is 1.41. The van der Waals surface area contributed by atoms with Gasteiger partial charge >= 0.3 is 5.97 Å². The van der Waals surface area contributed by atoms with Crippen LogP contribution in [0.2, 0.25) is 0 Å². The van der Waals surface area contributed by atoms with Gasteiger partial charge in [0, 0.05) is 11.1 Å². The summed E-state index contributed by atoms with van der Waals surface area (Å²) in [4.78, 5) is 12.8. The Balaban J connectivity index is 1.85. The fourth-order valence-corrected chi connectivity index (χ4v) is 3.53. The summed E-state index contributed by atoms with van der Waals surface area (Å²) in [6.07, 6.45) is -1.63. The molecule has 0 saturated carbocycles. The van der Waals surface area contributed by atoms with E-state index < -0.39 is 18.2 Å². The van der Waals surface area contributed by atoms with Gasteiger partial charge in [-0.05, 0) is 42.3 Å². The Kier molecular flexibility index (Phi) is 4.49. The van der Waals surface area contributed by atoms with Gasteiger partial charge in [-0.2, -0.15) is 0 Å². The van der Waals surface area contributed by atoms with E-state index in [1.807, 2.05) is 6.92 Å². The van der Waals surface area contributed by atoms with E-state index in [9.17, 15) is 15.0 Å². The van der Waals surface area contributed by atoms with Crippen molar-refractivity contribution in [2.24, 2.45) is 0 Å². The predicted molar refractivity (Wildman–Crippen MR) is 98.9 cm³/mol. The lowest BCUT2D eigenvalue weighted by atomic mass is 9.97. The zero-order valence-electron chi connectivity index (χ0n) is 15.5. The molecular formula is C21H20O7. The van der Waals surface area contributed by atoms with E-state index in [2.05, 4.69) is 6.58 Å². The monoisotopic (exact) mass is 384 g/mol. The number of carbonyl (C=O) groups excluding carboxylic acids is 1. The van der Waals surface area contributed by atoms with E-state index in [1.54, 1.807) is 24.3 Å². The average molecular weight is 384 g/mol. The number of rotatable bonds is 2. The predicted octanol–water partition coefficient (Wildman–Crippen LogP) is 3.16. The number of benzene rings is 2. The molecule has 0 aliphatic carbocycles. The minimum atomic E-state index is -0.912. The lowest BCUT2D eigenvalue weighted by Crippen LogP contribution is -2.18. The van der Waals surface area contributed by atoms with Crippen molar-refractivity contribution in [3.63, 3.8) is 0 Å². The zero-order chi connectivity index (χ0) is 20.0. The summed E-state index contributed by atoms with van der Waals surface area (Å²) >= 11 is 0. The van der Waals surface area contributed by atoms with E-state index in [4.69, 9.17) is 18.9 Å². The van der Waals surface area contributed by atoms with Gasteiger partial charge in [0.15, 0.2) is 11.5 Å². The molecule has 0 spiro atoms. The highest BCUT2D eigenvalue weighted by Gasteiger charge is 2.36. The highest BCUT2D eigenvalue weighted by Crippen LogP contribution is 2.45. The second-order valence-corrected chi connectivity index (χ2v) is 6.85. The highest BCUT2D eigenvalue weighted by molar-refractivity contribution is 5.96. The molecule has 1 saturated heterocycles. The number of hydrogen-bond donors (Lipinski definition) is 2. The first-order chi connectivity index (χ1) is 13.4. The molecule has 0 bridgehead atoms. The third-order valence-electron chi connectivity index (χ3n) is 4.88. The normalized spacial score (nSPS) is 21.1. The Bertz CT molecular complexity index is 979. The molecule has 2 aromatic rings. The second-order valence-electron chi connectivity index (χ2n) is 6.85. The third-order valence-corrected chi connectivity index (χ3v) is 4.88. The number of ether oxygens (including phenoxy) is 4. The lowest BCUT2D eigenvalue weighted by molar-refractivity contribution is 0.0399. The van der Waals surface area contributed by atoms with Crippen molar-refractivity contribution in [2.45, 2.75) is 25.7 Å². The number of fused-ring (bicyclic) bond motifs is 2. The van der Waals surface area contributed by atoms with Crippen LogP contribution in [0.5, 0.6) is 23.0 Å². The number of esters is 1. The fourth-order valence-electron chi connectivity index (χ4n) is 3.53. The van der Waals surface area contributed by atoms with Crippen molar-refractivity contribution in [3.8, 4) is 23.0 Å². The molecule has 28 heavy (non-hydrogen) atoms. The van der Waals surface area contributed by atoms with Crippen LogP contribution in [0.4, 0.5) is 0 Å². The number of carbonyl (C=O) groups is 1. The minimum Gasteiger partial charge on any atom is -0.504 e. The number of aromatic hydroxyl groups is 1. The molecule has 2 heterocycles. The SMILES string of the molecule is C=C1CO[C@@H](c2ccc3c(c2OC)C(=O)OCc2cc(C)cc(O)c2O3)[C@@H]1O. The molecule has 2 aliphatic rings. The molecule has 0 aromatic heterocycles. The highest BCUT2D eigenvalue weighted by atomic mass is 16.5. The molecule has 2 atom stereocenters. The summed E-state index contributed by atoms with van der Waals surface area (Å²) < 4.78 is 22.4. The number of aliphatic hydroxyl groups excluding tert-OH is 1. The van der Waals surface area contributed by atoms with E-state index in [0.717, 1.165) is 5.56 Å². The fraction of sp³-hybridized carbons (Fsp3) is 0.286. The van der Waals surface area contributed by atoms with Crippen molar-refractivity contribution in [3.05, 3.63) is 58.7 Å². The van der Waals surface area contributed by atoms with Crippen molar-refractivity contribution < 1.29 is 34.0 Å². The van der Waals surface area contributed by atoms with Crippen molar-refractivity contribution >= 4 is 5.97 Å². The topological polar surface area (TPSA) is 94.5 Å². The van der Waals surface area contributed by atoms with Crippen LogP contribution in [0, 0.1) is 6.92 Å². The molecule has 2 N–H and O–H groups in total. The Labute approximate surface area is 161 Å². The van der Waals surface area contributed by atoms with Gasteiger partial charge in [0.2, 0.25) is 0 Å². The zero-order valence-corrected chi connectivity index (χ0v) is 15.5. The summed E-state index contributed by atoms with van der Waals surface area (Å²) in [5.74, 6) is -0.0903. The summed E-state index contributed by atoms with van der Waals surface area (Å²) in [6, 6.07) is 6.58. The molecule has 4 rings (SSSR count). The molecule has 0 amide bonds. The van der Waals surface area contributed by atoms with Crippen molar-refractivity contribution in [1.29, 1.82) is 0 Å². The number of phenols is 1. The smallest absolute Gasteiger partial charge is 0.346 e. The van der Waals surface area contributed by atoms with Crippen LogP contribution in [0.3, 0.4) is 0 Å². The number of aryl methyl sites for hydroxylation is 1. The molecule has 2 aromatic carbocycles. The van der Waals surface area contributed by atoms with E-state index >= 15 is 0 Å². The molecular weight excluding hydrogens is 364 g/mol. The first-order valence-corrected chi connectivity index (χ1v) is 8.76. The summed E-state index contributed by atoms with van der Waals surface area (Å²) in [5, 5.41) is 20.6. The van der Waals surface area contributed by atoms with E-state index in [-0.39, 0.29) is 41.8 Å². The van der Waals surface area contributed by atoms with Gasteiger partial charge in [0.1, 0.15) is 35.9 Å². The van der Waals surface area contributed by atoms with E-state index in [0.29, 0.717) is 16.7 Å². The quantitative estimate of drug-likeness (QED) is 0.607. The Morgan fingerprint density at radius 2 is 2.04 bits per heavy atom. The standard InChI is InChI=1S/C21H20O7/c1-10-6-12-9-27-21(24)16-15(28-18(12)14(22)7-10)5-4-13(19(16)25-3)20-17(23)11(2)8-26-20/h4-7,17,20,22-23H,2,8-9H2,1,3H3/t17-,20+/m1/s1. The van der Waals surface area contributed by atoms with Gasteiger partial charge in [0.25, 0.3) is 0 Å². The molecule has 0 radical (unpaired) electrons. The number of aliphatic hydroxyl groups is 1. The first-order valence-electron chi connectivity index (χ1n) is 8.76. The maximum atomic E-state index is 12.8. The van der Waals surface area contributed by atoms with Gasteiger partial charge in [-0.15, -0.1) is 0 Å². The van der Waals surface area contributed by atoms with Crippen LogP contribution < -0.4 is 9.47 Å². The number of phenolic OH excluding ortho intramolecular Hbond substituents is 1. The minimum absolute atomic E-state index is 0.0483. The van der Waals surface area contributed by atoms with Crippen LogP contribution in [0.1, 0.15) is 33.2 Å². The average Bonchev–Trinajstić information content (AvgIpc) is 2.99. The van der Waals surface area contributed by atoms with Gasteiger partial charge in [-0.1, -0.05) is 6.58 Å². The molecule has 0 unspecified atom stereocenters. The maximum absolute atomic E-state index is 12.8. The van der Waals surface area contributed by atoms with Gasteiger partial charge < -0.3 is 29.2 Å². The van der Waals surface area contributed by atoms with Crippen LogP contribution >= 0.6 is 0 Å². The van der Waals surface area contributed by atoms with Gasteiger partial charge in [0.05, 0.1) is 13.7 Å². The molecule has 7 nitrogen and oxygen atoms in total. The molecule has 146 valence electrons. The summed E-state index contributed by atoms with van der Waals surface area (Å²) in [6.45, 7) is 5.76. The molecule has 7 heteroatoms. The van der Waals surface area contributed by atoms with Crippen LogP contribution in [-0.2, 0) is 16.1 Å². The van der Waals surface area contributed by atoms with Crippen LogP contribution in [-0.4, -0.2) is 36.0 Å².